The fourth-order valence-corrected chi connectivity index (χ4v) is 3.12. The Kier molecular flexibility index (Phi) is 8.27. The number of amides is 2. The van der Waals surface area contributed by atoms with Crippen LogP contribution >= 0.6 is 0 Å². The molecule has 0 spiro atoms. The Labute approximate surface area is 171 Å². The van der Waals surface area contributed by atoms with E-state index in [-0.39, 0.29) is 11.8 Å². The normalized spacial score (nSPS) is 14.4. The minimum atomic E-state index is -0.290. The zero-order valence-electron chi connectivity index (χ0n) is 16.5. The lowest BCUT2D eigenvalue weighted by Crippen LogP contribution is -2.37. The first-order valence-corrected chi connectivity index (χ1v) is 9.97. The molecule has 0 bridgehead atoms. The molecule has 6 nitrogen and oxygen atoms in total. The number of rotatable bonds is 9. The van der Waals surface area contributed by atoms with Crippen LogP contribution in [-0.2, 0) is 17.8 Å². The van der Waals surface area contributed by atoms with Crippen LogP contribution in [0, 0.1) is 5.82 Å². The molecule has 1 fully saturated rings. The number of hydrogen-bond donors (Lipinski definition) is 2. The fourth-order valence-electron chi connectivity index (χ4n) is 3.12. The summed E-state index contributed by atoms with van der Waals surface area (Å²) < 4.78 is 23.7. The van der Waals surface area contributed by atoms with Crippen molar-refractivity contribution in [2.24, 2.45) is 0 Å². The Hall–Kier alpha value is -2.64. The number of ether oxygens (including phenoxy) is 2. The molecule has 0 atom stereocenters. The average molecular weight is 401 g/mol. The molecule has 7 heteroatoms. The van der Waals surface area contributed by atoms with Crippen LogP contribution in [0.1, 0.15) is 17.5 Å². The topological polar surface area (TPSA) is 62.8 Å². The van der Waals surface area contributed by atoms with Gasteiger partial charge >= 0.3 is 6.03 Å². The second kappa shape index (κ2) is 11.4. The summed E-state index contributed by atoms with van der Waals surface area (Å²) >= 11 is 0. The number of carbonyl (C=O) groups is 1. The van der Waals surface area contributed by atoms with Gasteiger partial charge in [0, 0.05) is 32.7 Å². The molecule has 1 heterocycles. The number of morpholine rings is 1. The van der Waals surface area contributed by atoms with Crippen molar-refractivity contribution in [3.63, 3.8) is 0 Å². The number of nitrogens with zero attached hydrogens (tertiary/aromatic N) is 1. The molecular weight excluding hydrogens is 373 g/mol. The molecule has 0 aromatic heterocycles. The van der Waals surface area contributed by atoms with E-state index in [1.807, 2.05) is 18.2 Å². The highest BCUT2D eigenvalue weighted by Crippen LogP contribution is 2.13. The van der Waals surface area contributed by atoms with Crippen LogP contribution in [0.2, 0.25) is 0 Å². The van der Waals surface area contributed by atoms with Crippen LogP contribution in [-0.4, -0.2) is 50.4 Å². The summed E-state index contributed by atoms with van der Waals surface area (Å²) in [6.07, 6.45) is 0.665. The Bertz CT molecular complexity index is 764. The first kappa shape index (κ1) is 21.1. The molecule has 2 N–H and O–H groups in total. The summed E-state index contributed by atoms with van der Waals surface area (Å²) in [5.41, 5.74) is 2.34. The van der Waals surface area contributed by atoms with Crippen LogP contribution in [0.3, 0.4) is 0 Å². The van der Waals surface area contributed by atoms with Crippen molar-refractivity contribution < 1.29 is 18.7 Å². The predicted molar refractivity (Wildman–Crippen MR) is 109 cm³/mol. The van der Waals surface area contributed by atoms with E-state index in [0.717, 1.165) is 38.4 Å². The molecule has 1 aliphatic heterocycles. The molecule has 29 heavy (non-hydrogen) atoms. The van der Waals surface area contributed by atoms with Gasteiger partial charge in [0.05, 0.1) is 19.8 Å². The van der Waals surface area contributed by atoms with Gasteiger partial charge in [-0.15, -0.1) is 0 Å². The highest BCUT2D eigenvalue weighted by molar-refractivity contribution is 5.73. The van der Waals surface area contributed by atoms with Gasteiger partial charge in [-0.05, 0) is 41.8 Å². The molecule has 2 aromatic rings. The van der Waals surface area contributed by atoms with E-state index >= 15 is 0 Å². The van der Waals surface area contributed by atoms with Gasteiger partial charge in [-0.1, -0.05) is 24.3 Å². The fraction of sp³-hybridized carbons (Fsp3) is 0.409. The Morgan fingerprint density at radius 3 is 2.52 bits per heavy atom. The monoisotopic (exact) mass is 401 g/mol. The van der Waals surface area contributed by atoms with Crippen molar-refractivity contribution in [3.8, 4) is 5.75 Å². The molecule has 0 aliphatic carbocycles. The smallest absolute Gasteiger partial charge is 0.315 e. The highest BCUT2D eigenvalue weighted by atomic mass is 19.1. The van der Waals surface area contributed by atoms with Crippen molar-refractivity contribution in [2.45, 2.75) is 19.5 Å². The van der Waals surface area contributed by atoms with E-state index in [2.05, 4.69) is 21.6 Å². The van der Waals surface area contributed by atoms with Crippen molar-refractivity contribution in [1.82, 2.24) is 15.5 Å². The molecule has 1 saturated heterocycles. The van der Waals surface area contributed by atoms with E-state index in [9.17, 15) is 9.18 Å². The van der Waals surface area contributed by atoms with Crippen molar-refractivity contribution >= 4 is 6.03 Å². The maximum atomic E-state index is 12.8. The minimum absolute atomic E-state index is 0.201. The summed E-state index contributed by atoms with van der Waals surface area (Å²) in [6.45, 7) is 5.71. The SMILES string of the molecule is O=C(NCCCOc1ccc(F)cc1)NCc1ccccc1CN1CCOCC1. The second-order valence-corrected chi connectivity index (χ2v) is 6.92. The number of benzene rings is 2. The van der Waals surface area contributed by atoms with Gasteiger partial charge in [0.15, 0.2) is 0 Å². The lowest BCUT2D eigenvalue weighted by molar-refractivity contribution is 0.0341. The van der Waals surface area contributed by atoms with Gasteiger partial charge in [0.25, 0.3) is 0 Å². The van der Waals surface area contributed by atoms with Gasteiger partial charge in [-0.25, -0.2) is 9.18 Å². The zero-order valence-corrected chi connectivity index (χ0v) is 16.5. The van der Waals surface area contributed by atoms with E-state index < -0.39 is 0 Å². The van der Waals surface area contributed by atoms with Crippen LogP contribution in [0.5, 0.6) is 5.75 Å². The van der Waals surface area contributed by atoms with Crippen LogP contribution in [0.25, 0.3) is 0 Å². The second-order valence-electron chi connectivity index (χ2n) is 6.92. The predicted octanol–water partition coefficient (Wildman–Crippen LogP) is 2.93. The number of nitrogens with one attached hydrogen (secondary N) is 2. The molecule has 0 radical (unpaired) electrons. The van der Waals surface area contributed by atoms with Crippen molar-refractivity contribution in [2.75, 3.05) is 39.5 Å². The Balaban J connectivity index is 1.34. The quantitative estimate of drug-likeness (QED) is 0.635. The van der Waals surface area contributed by atoms with Gasteiger partial charge < -0.3 is 20.1 Å². The number of carbonyl (C=O) groups excluding carboxylic acids is 1. The lowest BCUT2D eigenvalue weighted by Gasteiger charge is -2.27. The number of urea groups is 1. The van der Waals surface area contributed by atoms with E-state index in [1.54, 1.807) is 12.1 Å². The van der Waals surface area contributed by atoms with Gasteiger partial charge in [0.2, 0.25) is 0 Å². The summed E-state index contributed by atoms with van der Waals surface area (Å²) in [4.78, 5) is 14.4. The molecule has 2 aromatic carbocycles. The zero-order chi connectivity index (χ0) is 20.3. The third-order valence-electron chi connectivity index (χ3n) is 4.74. The van der Waals surface area contributed by atoms with Crippen molar-refractivity contribution in [3.05, 3.63) is 65.5 Å². The summed E-state index contributed by atoms with van der Waals surface area (Å²) in [5.74, 6) is 0.329. The highest BCUT2D eigenvalue weighted by Gasteiger charge is 2.13. The molecular formula is C22H28FN3O3. The summed E-state index contributed by atoms with van der Waals surface area (Å²) in [7, 11) is 0. The van der Waals surface area contributed by atoms with Gasteiger partial charge in [-0.2, -0.15) is 0 Å². The van der Waals surface area contributed by atoms with E-state index in [1.165, 1.54) is 17.7 Å². The number of halogens is 1. The Morgan fingerprint density at radius 2 is 1.76 bits per heavy atom. The lowest BCUT2D eigenvalue weighted by atomic mass is 10.1. The first-order valence-electron chi connectivity index (χ1n) is 9.97. The molecule has 0 unspecified atom stereocenters. The first-order chi connectivity index (χ1) is 14.2. The maximum absolute atomic E-state index is 12.8. The van der Waals surface area contributed by atoms with E-state index in [4.69, 9.17) is 9.47 Å². The van der Waals surface area contributed by atoms with Crippen LogP contribution in [0.4, 0.5) is 9.18 Å². The molecule has 2 amide bonds. The van der Waals surface area contributed by atoms with Crippen LogP contribution in [0.15, 0.2) is 48.5 Å². The molecule has 3 rings (SSSR count). The molecule has 0 saturated carbocycles. The Morgan fingerprint density at radius 1 is 1.03 bits per heavy atom. The molecule has 156 valence electrons. The third-order valence-corrected chi connectivity index (χ3v) is 4.74. The maximum Gasteiger partial charge on any atom is 0.315 e. The third kappa shape index (κ3) is 7.36. The molecule has 1 aliphatic rings. The number of hydrogen-bond acceptors (Lipinski definition) is 4. The van der Waals surface area contributed by atoms with Crippen molar-refractivity contribution in [1.29, 1.82) is 0 Å². The van der Waals surface area contributed by atoms with Gasteiger partial charge in [0.1, 0.15) is 11.6 Å². The average Bonchev–Trinajstić information content (AvgIpc) is 2.75. The minimum Gasteiger partial charge on any atom is -0.494 e. The van der Waals surface area contributed by atoms with Gasteiger partial charge in [-0.3, -0.25) is 4.90 Å². The van der Waals surface area contributed by atoms with Crippen LogP contribution < -0.4 is 15.4 Å². The standard InChI is InChI=1S/C22H28FN3O3/c23-20-6-8-21(9-7-20)29-13-3-10-24-22(27)25-16-18-4-1-2-5-19(18)17-26-11-14-28-15-12-26/h1-2,4-9H,3,10-17H2,(H2,24,25,27). The summed E-state index contributed by atoms with van der Waals surface area (Å²) in [5, 5.41) is 5.75. The largest absolute Gasteiger partial charge is 0.494 e. The summed E-state index contributed by atoms with van der Waals surface area (Å²) in [6, 6.07) is 13.9. The van der Waals surface area contributed by atoms with E-state index in [0.29, 0.717) is 31.9 Å².